The van der Waals surface area contributed by atoms with Gasteiger partial charge in [0.05, 0.1) is 28.1 Å². The van der Waals surface area contributed by atoms with Gasteiger partial charge in [0.1, 0.15) is 22.0 Å². The summed E-state index contributed by atoms with van der Waals surface area (Å²) in [5, 5.41) is 18.5. The fourth-order valence-electron chi connectivity index (χ4n) is 2.71. The van der Waals surface area contributed by atoms with E-state index in [1.165, 1.54) is 23.6 Å². The van der Waals surface area contributed by atoms with Gasteiger partial charge in [0.25, 0.3) is 6.43 Å². The van der Waals surface area contributed by atoms with Crippen molar-refractivity contribution >= 4 is 20.7 Å². The van der Waals surface area contributed by atoms with Gasteiger partial charge < -0.3 is 4.57 Å². The smallest absolute Gasteiger partial charge is 0.278 e. The van der Waals surface area contributed by atoms with Gasteiger partial charge in [-0.15, -0.1) is 0 Å². The first-order chi connectivity index (χ1) is 10.7. The van der Waals surface area contributed by atoms with Crippen LogP contribution in [0.4, 0.5) is 8.78 Å². The minimum Gasteiger partial charge on any atom is -0.336 e. The third kappa shape index (κ3) is 3.17. The Bertz CT molecular complexity index is 950. The molecule has 0 saturated carbocycles. The SMILES string of the molecule is CC(CS(C)(=O)=O)n1c(C(F)F)cc2c(C#N)c(C#N)ccc21. The third-order valence-electron chi connectivity index (χ3n) is 3.49. The molecular weight excluding hydrogens is 324 g/mol. The van der Waals surface area contributed by atoms with Gasteiger partial charge in [-0.05, 0) is 25.1 Å². The molecule has 0 N–H and O–H groups in total. The highest BCUT2D eigenvalue weighted by atomic mass is 32.2. The van der Waals surface area contributed by atoms with Crippen LogP contribution in [-0.4, -0.2) is 25.0 Å². The lowest BCUT2D eigenvalue weighted by molar-refractivity contribution is 0.140. The highest BCUT2D eigenvalue weighted by Gasteiger charge is 2.24. The van der Waals surface area contributed by atoms with Crippen molar-refractivity contribution in [3.8, 4) is 12.1 Å². The van der Waals surface area contributed by atoms with Gasteiger partial charge >= 0.3 is 0 Å². The molecule has 2 rings (SSSR count). The molecule has 2 aromatic rings. The lowest BCUT2D eigenvalue weighted by Crippen LogP contribution is -2.18. The molecule has 120 valence electrons. The third-order valence-corrected chi connectivity index (χ3v) is 4.58. The molecule has 0 bridgehead atoms. The second-order valence-electron chi connectivity index (χ2n) is 5.33. The normalized spacial score (nSPS) is 13.0. The molecule has 0 fully saturated rings. The number of hydrogen-bond acceptors (Lipinski definition) is 4. The molecule has 0 aliphatic heterocycles. The van der Waals surface area contributed by atoms with Crippen LogP contribution in [-0.2, 0) is 9.84 Å². The predicted octanol–water partition coefficient (Wildman–Crippen LogP) is 2.93. The fourth-order valence-corrected chi connectivity index (χ4v) is 3.73. The van der Waals surface area contributed by atoms with E-state index in [0.29, 0.717) is 5.52 Å². The molecule has 1 unspecified atom stereocenters. The molecule has 1 heterocycles. The first-order valence-corrected chi connectivity index (χ1v) is 8.69. The van der Waals surface area contributed by atoms with Crippen molar-refractivity contribution < 1.29 is 17.2 Å². The molecule has 0 spiro atoms. The van der Waals surface area contributed by atoms with E-state index in [-0.39, 0.29) is 28.0 Å². The van der Waals surface area contributed by atoms with Crippen molar-refractivity contribution in [2.24, 2.45) is 0 Å². The zero-order valence-electron chi connectivity index (χ0n) is 12.4. The summed E-state index contributed by atoms with van der Waals surface area (Å²) in [4.78, 5) is 0. The molecule has 1 atom stereocenters. The molecule has 1 aromatic heterocycles. The number of aromatic nitrogens is 1. The van der Waals surface area contributed by atoms with Crippen LogP contribution in [0.3, 0.4) is 0 Å². The van der Waals surface area contributed by atoms with Gasteiger partial charge in [0.2, 0.25) is 0 Å². The van der Waals surface area contributed by atoms with E-state index in [1.807, 2.05) is 12.1 Å². The Balaban J connectivity index is 2.80. The molecule has 0 saturated heterocycles. The average molecular weight is 337 g/mol. The van der Waals surface area contributed by atoms with Crippen LogP contribution < -0.4 is 0 Å². The van der Waals surface area contributed by atoms with Crippen molar-refractivity contribution in [1.82, 2.24) is 4.57 Å². The van der Waals surface area contributed by atoms with Crippen LogP contribution in [0.1, 0.15) is 36.2 Å². The molecule has 1 aromatic carbocycles. The van der Waals surface area contributed by atoms with Gasteiger partial charge in [-0.25, -0.2) is 17.2 Å². The van der Waals surface area contributed by atoms with E-state index < -0.39 is 22.3 Å². The number of sulfone groups is 1. The zero-order chi connectivity index (χ0) is 17.4. The summed E-state index contributed by atoms with van der Waals surface area (Å²) in [5.74, 6) is -0.307. The highest BCUT2D eigenvalue weighted by Crippen LogP contribution is 2.33. The summed E-state index contributed by atoms with van der Waals surface area (Å²) < 4.78 is 50.9. The van der Waals surface area contributed by atoms with Gasteiger partial charge in [0, 0.05) is 17.7 Å². The van der Waals surface area contributed by atoms with E-state index in [4.69, 9.17) is 5.26 Å². The Morgan fingerprint density at radius 1 is 1.26 bits per heavy atom. The van der Waals surface area contributed by atoms with E-state index in [1.54, 1.807) is 0 Å². The standard InChI is InChI=1S/C15H13F2N3O2S/c1-9(8-23(2,21)22)20-13-4-3-10(6-18)12(7-19)11(13)5-14(20)15(16)17/h3-5,9,15H,8H2,1-2H3. The molecule has 0 aliphatic carbocycles. The van der Waals surface area contributed by atoms with Crippen molar-refractivity contribution in [3.05, 3.63) is 35.0 Å². The van der Waals surface area contributed by atoms with Crippen molar-refractivity contribution in [2.75, 3.05) is 12.0 Å². The largest absolute Gasteiger partial charge is 0.336 e. The summed E-state index contributed by atoms with van der Waals surface area (Å²) in [7, 11) is -3.37. The van der Waals surface area contributed by atoms with Crippen LogP contribution in [0.2, 0.25) is 0 Å². The second kappa shape index (κ2) is 5.98. The van der Waals surface area contributed by atoms with E-state index in [2.05, 4.69) is 0 Å². The maximum absolute atomic E-state index is 13.4. The molecule has 8 heteroatoms. The van der Waals surface area contributed by atoms with Gasteiger partial charge in [-0.1, -0.05) is 0 Å². The minimum absolute atomic E-state index is 0.0113. The average Bonchev–Trinajstić information content (AvgIpc) is 2.83. The van der Waals surface area contributed by atoms with Crippen LogP contribution in [0.25, 0.3) is 10.9 Å². The lowest BCUT2D eigenvalue weighted by Gasteiger charge is -2.18. The van der Waals surface area contributed by atoms with Crippen molar-refractivity contribution in [1.29, 1.82) is 10.5 Å². The Morgan fingerprint density at radius 3 is 2.39 bits per heavy atom. The molecule has 0 radical (unpaired) electrons. The maximum atomic E-state index is 13.4. The monoisotopic (exact) mass is 337 g/mol. The number of nitriles is 2. The number of nitrogens with zero attached hydrogens (tertiary/aromatic N) is 3. The summed E-state index contributed by atoms with van der Waals surface area (Å²) in [5.41, 5.74) is 0.0423. The van der Waals surface area contributed by atoms with Crippen LogP contribution >= 0.6 is 0 Å². The molecule has 0 amide bonds. The van der Waals surface area contributed by atoms with Crippen LogP contribution in [0, 0.1) is 22.7 Å². The van der Waals surface area contributed by atoms with Gasteiger partial charge in [-0.3, -0.25) is 0 Å². The predicted molar refractivity (Wildman–Crippen MR) is 80.7 cm³/mol. The van der Waals surface area contributed by atoms with Crippen LogP contribution in [0.5, 0.6) is 0 Å². The minimum atomic E-state index is -3.37. The van der Waals surface area contributed by atoms with E-state index >= 15 is 0 Å². The number of fused-ring (bicyclic) bond motifs is 1. The summed E-state index contributed by atoms with van der Waals surface area (Å²) in [6.45, 7) is 1.52. The topological polar surface area (TPSA) is 86.7 Å². The quantitative estimate of drug-likeness (QED) is 0.858. The highest BCUT2D eigenvalue weighted by molar-refractivity contribution is 7.90. The first kappa shape index (κ1) is 16.9. The molecule has 0 aliphatic rings. The van der Waals surface area contributed by atoms with E-state index in [9.17, 15) is 22.5 Å². The summed E-state index contributed by atoms with van der Waals surface area (Å²) in [6.07, 6.45) is -1.80. The summed E-state index contributed by atoms with van der Waals surface area (Å²) >= 11 is 0. The Hall–Kier alpha value is -2.45. The molecule has 5 nitrogen and oxygen atoms in total. The molecular formula is C15H13F2N3O2S. The maximum Gasteiger partial charge on any atom is 0.278 e. The van der Waals surface area contributed by atoms with E-state index in [0.717, 1.165) is 12.3 Å². The Kier molecular flexibility index (Phi) is 4.39. The van der Waals surface area contributed by atoms with Gasteiger partial charge in [0.15, 0.2) is 0 Å². The summed E-state index contributed by atoms with van der Waals surface area (Å²) in [6, 6.07) is 6.96. The van der Waals surface area contributed by atoms with Crippen molar-refractivity contribution in [2.45, 2.75) is 19.4 Å². The lowest BCUT2D eigenvalue weighted by atomic mass is 10.0. The number of benzene rings is 1. The Labute approximate surface area is 132 Å². The first-order valence-electron chi connectivity index (χ1n) is 6.63. The zero-order valence-corrected chi connectivity index (χ0v) is 13.2. The number of alkyl halides is 2. The van der Waals surface area contributed by atoms with Gasteiger partial charge in [-0.2, -0.15) is 10.5 Å². The number of rotatable bonds is 4. The number of hydrogen-bond donors (Lipinski definition) is 0. The van der Waals surface area contributed by atoms with Crippen molar-refractivity contribution in [3.63, 3.8) is 0 Å². The van der Waals surface area contributed by atoms with Crippen LogP contribution in [0.15, 0.2) is 18.2 Å². The second-order valence-corrected chi connectivity index (χ2v) is 7.51. The number of halogens is 2. The fraction of sp³-hybridized carbons (Fsp3) is 0.333. The Morgan fingerprint density at radius 2 is 1.91 bits per heavy atom. The molecule has 23 heavy (non-hydrogen) atoms.